The van der Waals surface area contributed by atoms with Gasteiger partial charge in [0, 0.05) is 52.4 Å². The van der Waals surface area contributed by atoms with E-state index in [1.54, 1.807) is 0 Å². The summed E-state index contributed by atoms with van der Waals surface area (Å²) >= 11 is 0. The molecular formula is C20H45N3O4. The lowest BCUT2D eigenvalue weighted by Crippen LogP contribution is -2.42. The minimum atomic E-state index is 0.109. The monoisotopic (exact) mass is 391 g/mol. The van der Waals surface area contributed by atoms with Gasteiger partial charge in [0.15, 0.2) is 0 Å². The summed E-state index contributed by atoms with van der Waals surface area (Å²) in [6.07, 6.45) is 7.64. The van der Waals surface area contributed by atoms with Gasteiger partial charge in [0.2, 0.25) is 0 Å². The van der Waals surface area contributed by atoms with Gasteiger partial charge in [-0.25, -0.2) is 0 Å². The van der Waals surface area contributed by atoms with Crippen LogP contribution in [0.4, 0.5) is 0 Å². The zero-order valence-electron chi connectivity index (χ0n) is 17.6. The molecule has 0 aromatic heterocycles. The lowest BCUT2D eigenvalue weighted by atomic mass is 10.1. The topological polar surface area (TPSA) is 90.6 Å². The van der Waals surface area contributed by atoms with Crippen LogP contribution in [0, 0.1) is 0 Å². The molecule has 0 aliphatic rings. The van der Waals surface area contributed by atoms with Gasteiger partial charge in [-0.3, -0.25) is 9.80 Å². The van der Waals surface area contributed by atoms with Crippen LogP contribution in [0.3, 0.4) is 0 Å². The van der Waals surface area contributed by atoms with Crippen molar-refractivity contribution in [3.05, 3.63) is 0 Å². The van der Waals surface area contributed by atoms with Crippen LogP contribution in [0.15, 0.2) is 0 Å². The second-order valence-electron chi connectivity index (χ2n) is 7.19. The molecule has 0 heterocycles. The predicted octanol–water partition coefficient (Wildman–Crippen LogP) is 0.222. The highest BCUT2D eigenvalue weighted by Crippen LogP contribution is 2.06. The molecule has 0 aliphatic heterocycles. The van der Waals surface area contributed by atoms with Crippen molar-refractivity contribution in [1.82, 2.24) is 14.7 Å². The van der Waals surface area contributed by atoms with Crippen molar-refractivity contribution >= 4 is 0 Å². The molecule has 27 heavy (non-hydrogen) atoms. The standard InChI is InChI=1S/C20H45N3O4/c1-2-3-4-5-6-7-8-21(9-11-22(13-17-24)14-18-25)10-12-23(15-19-26)16-20-27/h24-27H,2-20H2,1H3. The maximum Gasteiger partial charge on any atom is 0.0558 e. The number of hydrogen-bond donors (Lipinski definition) is 4. The van der Waals surface area contributed by atoms with Gasteiger partial charge in [0.25, 0.3) is 0 Å². The van der Waals surface area contributed by atoms with Gasteiger partial charge in [-0.15, -0.1) is 0 Å². The number of nitrogens with zero attached hydrogens (tertiary/aromatic N) is 3. The van der Waals surface area contributed by atoms with Crippen molar-refractivity contribution in [3.8, 4) is 0 Å². The summed E-state index contributed by atoms with van der Waals surface area (Å²) in [4.78, 5) is 6.62. The highest BCUT2D eigenvalue weighted by atomic mass is 16.3. The molecule has 0 aromatic carbocycles. The molecule has 0 saturated carbocycles. The zero-order chi connectivity index (χ0) is 20.2. The maximum absolute atomic E-state index is 9.18. The molecular weight excluding hydrogens is 346 g/mol. The molecule has 164 valence electrons. The molecule has 0 rings (SSSR count). The third-order valence-corrected chi connectivity index (χ3v) is 4.96. The smallest absolute Gasteiger partial charge is 0.0558 e. The van der Waals surface area contributed by atoms with E-state index in [2.05, 4.69) is 21.6 Å². The van der Waals surface area contributed by atoms with Crippen LogP contribution in [0.25, 0.3) is 0 Å². The third kappa shape index (κ3) is 16.4. The van der Waals surface area contributed by atoms with Crippen molar-refractivity contribution in [2.75, 3.05) is 85.3 Å². The van der Waals surface area contributed by atoms with E-state index in [1.807, 2.05) is 0 Å². The van der Waals surface area contributed by atoms with Crippen molar-refractivity contribution < 1.29 is 20.4 Å². The minimum absolute atomic E-state index is 0.109. The maximum atomic E-state index is 9.18. The van der Waals surface area contributed by atoms with E-state index in [-0.39, 0.29) is 26.4 Å². The van der Waals surface area contributed by atoms with Crippen LogP contribution >= 0.6 is 0 Å². The Morgan fingerprint density at radius 3 is 1.11 bits per heavy atom. The van der Waals surface area contributed by atoms with E-state index in [0.29, 0.717) is 26.2 Å². The van der Waals surface area contributed by atoms with E-state index in [0.717, 1.165) is 32.7 Å². The molecule has 0 atom stereocenters. The van der Waals surface area contributed by atoms with Crippen molar-refractivity contribution in [2.45, 2.75) is 45.4 Å². The van der Waals surface area contributed by atoms with Crippen LogP contribution < -0.4 is 0 Å². The summed E-state index contributed by atoms with van der Waals surface area (Å²) < 4.78 is 0. The molecule has 4 N–H and O–H groups in total. The number of rotatable bonds is 21. The Morgan fingerprint density at radius 2 is 0.741 bits per heavy atom. The second-order valence-corrected chi connectivity index (χ2v) is 7.19. The number of unbranched alkanes of at least 4 members (excludes halogenated alkanes) is 5. The fourth-order valence-electron chi connectivity index (χ4n) is 3.25. The van der Waals surface area contributed by atoms with Crippen LogP contribution in [-0.4, -0.2) is 120 Å². The lowest BCUT2D eigenvalue weighted by molar-refractivity contribution is 0.123. The third-order valence-electron chi connectivity index (χ3n) is 4.96. The van der Waals surface area contributed by atoms with Gasteiger partial charge in [-0.05, 0) is 13.0 Å². The number of aliphatic hydroxyl groups excluding tert-OH is 4. The van der Waals surface area contributed by atoms with E-state index < -0.39 is 0 Å². The van der Waals surface area contributed by atoms with Crippen molar-refractivity contribution in [1.29, 1.82) is 0 Å². The van der Waals surface area contributed by atoms with Gasteiger partial charge in [0.1, 0.15) is 0 Å². The molecule has 0 radical (unpaired) electrons. The Labute approximate surface area is 166 Å². The summed E-state index contributed by atoms with van der Waals surface area (Å²) in [7, 11) is 0. The molecule has 0 aliphatic carbocycles. The molecule has 0 bridgehead atoms. The SMILES string of the molecule is CCCCCCCCN(CCN(CCO)CCO)CCN(CCO)CCO. The predicted molar refractivity (Wildman–Crippen MR) is 111 cm³/mol. The molecule has 7 nitrogen and oxygen atoms in total. The Balaban J connectivity index is 4.40. The molecule has 0 amide bonds. The van der Waals surface area contributed by atoms with Gasteiger partial charge >= 0.3 is 0 Å². The summed E-state index contributed by atoms with van der Waals surface area (Å²) in [6, 6.07) is 0. The van der Waals surface area contributed by atoms with Crippen LogP contribution in [0.5, 0.6) is 0 Å². The fourth-order valence-corrected chi connectivity index (χ4v) is 3.25. The van der Waals surface area contributed by atoms with Gasteiger partial charge in [-0.2, -0.15) is 0 Å². The Morgan fingerprint density at radius 1 is 0.407 bits per heavy atom. The first-order valence-electron chi connectivity index (χ1n) is 10.8. The summed E-state index contributed by atoms with van der Waals surface area (Å²) in [5, 5.41) is 36.7. The lowest BCUT2D eigenvalue weighted by Gasteiger charge is -2.29. The van der Waals surface area contributed by atoms with Crippen LogP contribution in [0.1, 0.15) is 45.4 Å². The fraction of sp³-hybridized carbons (Fsp3) is 1.00. The molecule has 0 unspecified atom stereocenters. The average molecular weight is 392 g/mol. The Bertz CT molecular complexity index is 266. The first-order valence-corrected chi connectivity index (χ1v) is 10.8. The average Bonchev–Trinajstić information content (AvgIpc) is 2.66. The molecule has 0 fully saturated rings. The first-order chi connectivity index (χ1) is 13.2. The molecule has 0 spiro atoms. The zero-order valence-corrected chi connectivity index (χ0v) is 17.6. The number of hydrogen-bond acceptors (Lipinski definition) is 7. The Hall–Kier alpha value is -0.280. The largest absolute Gasteiger partial charge is 0.395 e. The van der Waals surface area contributed by atoms with E-state index >= 15 is 0 Å². The molecule has 0 saturated heterocycles. The Kier molecular flexibility index (Phi) is 20.2. The van der Waals surface area contributed by atoms with Crippen molar-refractivity contribution in [2.24, 2.45) is 0 Å². The van der Waals surface area contributed by atoms with Gasteiger partial charge < -0.3 is 25.3 Å². The van der Waals surface area contributed by atoms with E-state index in [1.165, 1.54) is 38.5 Å². The van der Waals surface area contributed by atoms with E-state index in [4.69, 9.17) is 0 Å². The second kappa shape index (κ2) is 20.5. The molecule has 0 aromatic rings. The summed E-state index contributed by atoms with van der Waals surface area (Å²) in [5.41, 5.74) is 0. The minimum Gasteiger partial charge on any atom is -0.395 e. The highest BCUT2D eigenvalue weighted by Gasteiger charge is 2.11. The summed E-state index contributed by atoms with van der Waals surface area (Å²) in [6.45, 7) is 9.54. The highest BCUT2D eigenvalue weighted by molar-refractivity contribution is 4.67. The van der Waals surface area contributed by atoms with E-state index in [9.17, 15) is 20.4 Å². The first kappa shape index (κ1) is 26.7. The quantitative estimate of drug-likeness (QED) is 0.208. The van der Waals surface area contributed by atoms with Crippen molar-refractivity contribution in [3.63, 3.8) is 0 Å². The normalized spacial score (nSPS) is 12.0. The number of aliphatic hydroxyl groups is 4. The van der Waals surface area contributed by atoms with Gasteiger partial charge in [-0.1, -0.05) is 39.0 Å². The summed E-state index contributed by atoms with van der Waals surface area (Å²) in [5.74, 6) is 0. The van der Waals surface area contributed by atoms with Crippen LogP contribution in [-0.2, 0) is 0 Å². The molecule has 7 heteroatoms. The van der Waals surface area contributed by atoms with Gasteiger partial charge in [0.05, 0.1) is 26.4 Å². The van der Waals surface area contributed by atoms with Crippen LogP contribution in [0.2, 0.25) is 0 Å².